The van der Waals surface area contributed by atoms with Gasteiger partial charge in [-0.2, -0.15) is 8.78 Å². The fraction of sp³-hybridized carbons (Fsp3) is 0.444. The first kappa shape index (κ1) is 26.4. The van der Waals surface area contributed by atoms with Crippen molar-refractivity contribution in [3.63, 3.8) is 0 Å². The summed E-state index contributed by atoms with van der Waals surface area (Å²) in [4.78, 5) is 17.8. The number of anilines is 1. The number of ether oxygens (including phenoxy) is 2. The topological polar surface area (TPSA) is 116 Å². The number of allylic oxidation sites excluding steroid dienone is 1. The van der Waals surface area contributed by atoms with Crippen molar-refractivity contribution in [2.24, 2.45) is 5.92 Å². The molecule has 2 aromatic rings. The van der Waals surface area contributed by atoms with E-state index in [0.29, 0.717) is 18.7 Å². The monoisotopic (exact) mass is 547 g/mol. The van der Waals surface area contributed by atoms with E-state index in [-0.39, 0.29) is 69.7 Å². The third-order valence-electron chi connectivity index (χ3n) is 7.43. The van der Waals surface area contributed by atoms with Crippen LogP contribution in [0.5, 0.6) is 5.75 Å². The van der Waals surface area contributed by atoms with Crippen LogP contribution >= 0.6 is 11.6 Å². The van der Waals surface area contributed by atoms with Gasteiger partial charge in [0.15, 0.2) is 0 Å². The number of nitrogens with zero attached hydrogens (tertiary/aromatic N) is 2. The SMILES string of the molecule is N=C(/C(COC1CC2CC[C@@H](C1)N2c1cc(Cl)c(C(=O)O)cn1)=C(\O)C1CC1)c1ccccc1OC(F)F. The largest absolute Gasteiger partial charge is 0.512 e. The number of hydrogen-bond acceptors (Lipinski definition) is 7. The van der Waals surface area contributed by atoms with E-state index in [0.717, 1.165) is 25.7 Å². The van der Waals surface area contributed by atoms with Gasteiger partial charge in [0, 0.05) is 41.4 Å². The van der Waals surface area contributed by atoms with E-state index in [1.807, 2.05) is 0 Å². The normalized spacial score (nSPS) is 23.4. The van der Waals surface area contributed by atoms with Crippen LogP contribution in [0.4, 0.5) is 14.6 Å². The number of carboxylic acids is 1. The van der Waals surface area contributed by atoms with E-state index in [9.17, 15) is 23.8 Å². The minimum Gasteiger partial charge on any atom is -0.512 e. The third-order valence-corrected chi connectivity index (χ3v) is 7.75. The number of aliphatic hydroxyl groups is 1. The number of pyridine rings is 1. The number of aliphatic hydroxyl groups excluding tert-OH is 1. The lowest BCUT2D eigenvalue weighted by molar-refractivity contribution is -0.0499. The Balaban J connectivity index is 1.30. The first-order valence-corrected chi connectivity index (χ1v) is 12.9. The number of carboxylic acid groups (broad SMARTS) is 1. The summed E-state index contributed by atoms with van der Waals surface area (Å²) in [6.45, 7) is -3.05. The summed E-state index contributed by atoms with van der Waals surface area (Å²) in [6.07, 6.45) is 5.97. The van der Waals surface area contributed by atoms with Crippen LogP contribution in [0.3, 0.4) is 0 Å². The molecule has 3 heterocycles. The molecule has 3 aliphatic rings. The number of rotatable bonds is 10. The minimum atomic E-state index is -3.03. The molecule has 202 valence electrons. The van der Waals surface area contributed by atoms with Crippen LogP contribution in [-0.2, 0) is 4.74 Å². The summed E-state index contributed by atoms with van der Waals surface area (Å²) >= 11 is 6.18. The van der Waals surface area contributed by atoms with Crippen LogP contribution in [0.1, 0.15) is 54.4 Å². The van der Waals surface area contributed by atoms with E-state index in [1.54, 1.807) is 18.2 Å². The zero-order valence-electron chi connectivity index (χ0n) is 20.4. The molecule has 2 saturated heterocycles. The average molecular weight is 548 g/mol. The molecule has 8 nitrogen and oxygen atoms in total. The Morgan fingerprint density at radius 2 is 1.82 bits per heavy atom. The zero-order chi connectivity index (χ0) is 27.0. The summed E-state index contributed by atoms with van der Waals surface area (Å²) in [5.41, 5.74) is 0.314. The number of hydrogen-bond donors (Lipinski definition) is 3. The summed E-state index contributed by atoms with van der Waals surface area (Å²) in [5.74, 6) is -0.605. The Bertz CT molecular complexity index is 1260. The predicted molar refractivity (Wildman–Crippen MR) is 137 cm³/mol. The van der Waals surface area contributed by atoms with Crippen LogP contribution in [0.25, 0.3) is 0 Å². The van der Waals surface area contributed by atoms with Crippen LogP contribution < -0.4 is 9.64 Å². The molecule has 11 heteroatoms. The Kier molecular flexibility index (Phi) is 7.54. The lowest BCUT2D eigenvalue weighted by Crippen LogP contribution is -2.46. The van der Waals surface area contributed by atoms with Crippen molar-refractivity contribution in [1.29, 1.82) is 5.41 Å². The van der Waals surface area contributed by atoms with E-state index in [2.05, 4.69) is 14.6 Å². The van der Waals surface area contributed by atoms with Crippen LogP contribution in [-0.4, -0.2) is 58.3 Å². The second-order valence-corrected chi connectivity index (χ2v) is 10.3. The van der Waals surface area contributed by atoms with Crippen molar-refractivity contribution in [3.05, 3.63) is 64.0 Å². The number of nitrogens with one attached hydrogen (secondary N) is 1. The van der Waals surface area contributed by atoms with Crippen molar-refractivity contribution < 1.29 is 33.3 Å². The fourth-order valence-electron chi connectivity index (χ4n) is 5.47. The van der Waals surface area contributed by atoms with Gasteiger partial charge in [-0.15, -0.1) is 0 Å². The van der Waals surface area contributed by atoms with Crippen molar-refractivity contribution in [1.82, 2.24) is 4.98 Å². The maximum Gasteiger partial charge on any atom is 0.387 e. The van der Waals surface area contributed by atoms with Gasteiger partial charge in [0.2, 0.25) is 0 Å². The highest BCUT2D eigenvalue weighted by Gasteiger charge is 2.42. The van der Waals surface area contributed by atoms with E-state index >= 15 is 0 Å². The van der Waals surface area contributed by atoms with Gasteiger partial charge >= 0.3 is 12.6 Å². The molecule has 1 saturated carbocycles. The van der Waals surface area contributed by atoms with Crippen LogP contribution in [0.2, 0.25) is 5.02 Å². The maximum absolute atomic E-state index is 12.9. The molecule has 1 aromatic carbocycles. The van der Waals surface area contributed by atoms with Gasteiger partial charge < -0.3 is 24.6 Å². The molecule has 1 aromatic heterocycles. The molecule has 2 unspecified atom stereocenters. The number of halogens is 3. The number of aromatic nitrogens is 1. The molecule has 38 heavy (non-hydrogen) atoms. The van der Waals surface area contributed by atoms with E-state index in [4.69, 9.17) is 21.7 Å². The lowest BCUT2D eigenvalue weighted by atomic mass is 9.98. The quantitative estimate of drug-likeness (QED) is 0.253. The van der Waals surface area contributed by atoms with Crippen molar-refractivity contribution in [3.8, 4) is 5.75 Å². The third kappa shape index (κ3) is 5.47. The van der Waals surface area contributed by atoms with E-state index in [1.165, 1.54) is 18.3 Å². The minimum absolute atomic E-state index is 0.0221. The smallest absolute Gasteiger partial charge is 0.387 e. The first-order valence-electron chi connectivity index (χ1n) is 12.6. The standard InChI is InChI=1S/C27H28ClF2N3O5/c28-21-11-23(32-12-19(21)26(35)36)33-15-7-8-16(33)10-17(9-15)37-13-20(25(34)14-5-6-14)24(31)18-3-1-2-4-22(18)38-27(29)30/h1-4,11-12,14-17,27,31,34H,5-10,13H2,(H,35,36)/b25-20-,31-24?/t15-,16?,17?/m0/s1. The van der Waals surface area contributed by atoms with Gasteiger partial charge in [0.25, 0.3) is 0 Å². The summed E-state index contributed by atoms with van der Waals surface area (Å²) in [7, 11) is 0. The average Bonchev–Trinajstić information content (AvgIpc) is 3.68. The predicted octanol–water partition coefficient (Wildman–Crippen LogP) is 5.84. The van der Waals surface area contributed by atoms with Crippen LogP contribution in [0, 0.1) is 11.3 Å². The highest BCUT2D eigenvalue weighted by Crippen LogP contribution is 2.41. The molecular formula is C27H28ClF2N3O5. The molecule has 3 atom stereocenters. The lowest BCUT2D eigenvalue weighted by Gasteiger charge is -2.39. The van der Waals surface area contributed by atoms with Gasteiger partial charge in [-0.25, -0.2) is 9.78 Å². The molecule has 0 amide bonds. The molecule has 3 fully saturated rings. The Hall–Kier alpha value is -3.24. The van der Waals surface area contributed by atoms with E-state index < -0.39 is 12.6 Å². The Morgan fingerprint density at radius 3 is 2.42 bits per heavy atom. The van der Waals surface area contributed by atoms with Crippen molar-refractivity contribution >= 4 is 29.1 Å². The number of benzene rings is 1. The molecule has 5 rings (SSSR count). The summed E-state index contributed by atoms with van der Waals surface area (Å²) in [5, 5.41) is 29.0. The fourth-order valence-corrected chi connectivity index (χ4v) is 5.70. The number of para-hydroxylation sites is 1. The van der Waals surface area contributed by atoms with Gasteiger partial charge in [-0.3, -0.25) is 5.41 Å². The first-order chi connectivity index (χ1) is 18.2. The number of fused-ring (bicyclic) bond motifs is 2. The summed E-state index contributed by atoms with van der Waals surface area (Å²) < 4.78 is 36.7. The molecule has 0 radical (unpaired) electrons. The number of carbonyl (C=O) groups is 1. The zero-order valence-corrected chi connectivity index (χ0v) is 21.2. The van der Waals surface area contributed by atoms with Crippen molar-refractivity contribution in [2.45, 2.75) is 63.3 Å². The molecule has 1 aliphatic carbocycles. The number of piperidine rings is 1. The maximum atomic E-state index is 12.9. The Labute approximate surface area is 223 Å². The summed E-state index contributed by atoms with van der Waals surface area (Å²) in [6, 6.07) is 7.92. The number of alkyl halides is 2. The van der Waals surface area contributed by atoms with Crippen LogP contribution in [0.15, 0.2) is 47.9 Å². The molecule has 0 spiro atoms. The Morgan fingerprint density at radius 1 is 1.13 bits per heavy atom. The molecule has 2 bridgehead atoms. The molecular weight excluding hydrogens is 520 g/mol. The second kappa shape index (κ2) is 10.9. The van der Waals surface area contributed by atoms with Gasteiger partial charge in [-0.1, -0.05) is 23.7 Å². The molecule has 2 aliphatic heterocycles. The highest BCUT2D eigenvalue weighted by atomic mass is 35.5. The van der Waals surface area contributed by atoms with Gasteiger partial charge in [0.1, 0.15) is 17.3 Å². The van der Waals surface area contributed by atoms with Gasteiger partial charge in [-0.05, 0) is 50.7 Å². The number of aromatic carboxylic acids is 1. The van der Waals surface area contributed by atoms with Crippen molar-refractivity contribution in [2.75, 3.05) is 11.5 Å². The second-order valence-electron chi connectivity index (χ2n) is 9.91. The molecule has 3 N–H and O–H groups in total. The van der Waals surface area contributed by atoms with Gasteiger partial charge in [0.05, 0.1) is 29.0 Å². The highest BCUT2D eigenvalue weighted by molar-refractivity contribution is 6.33.